The summed E-state index contributed by atoms with van der Waals surface area (Å²) in [6, 6.07) is 4.09. The Bertz CT molecular complexity index is 447. The minimum Gasteiger partial charge on any atom is -0.492 e. The molecule has 1 heterocycles. The maximum absolute atomic E-state index is 6.25. The van der Waals surface area contributed by atoms with Crippen LogP contribution >= 0.6 is 11.6 Å². The van der Waals surface area contributed by atoms with Crippen molar-refractivity contribution in [1.29, 1.82) is 0 Å². The monoisotopic (exact) mass is 324 g/mol. The molecule has 0 aromatic heterocycles. The van der Waals surface area contributed by atoms with Crippen molar-refractivity contribution >= 4 is 11.6 Å². The SMILES string of the molecule is Cc1cc(C)c(OCCCCCN2CCN(C)CC2)c(Cl)c1. The third kappa shape index (κ3) is 5.45. The molecule has 22 heavy (non-hydrogen) atoms. The van der Waals surface area contributed by atoms with Gasteiger partial charge < -0.3 is 14.5 Å². The summed E-state index contributed by atoms with van der Waals surface area (Å²) in [4.78, 5) is 4.97. The van der Waals surface area contributed by atoms with Gasteiger partial charge >= 0.3 is 0 Å². The predicted molar refractivity (Wildman–Crippen MR) is 94.2 cm³/mol. The van der Waals surface area contributed by atoms with Crippen LogP contribution in [0.4, 0.5) is 0 Å². The van der Waals surface area contributed by atoms with Gasteiger partial charge in [-0.05, 0) is 63.9 Å². The number of rotatable bonds is 7. The number of unbranched alkanes of at least 4 members (excludes halogenated alkanes) is 2. The van der Waals surface area contributed by atoms with Crippen molar-refractivity contribution in [3.05, 3.63) is 28.3 Å². The lowest BCUT2D eigenvalue weighted by Crippen LogP contribution is -2.44. The number of aryl methyl sites for hydroxylation is 2. The van der Waals surface area contributed by atoms with E-state index >= 15 is 0 Å². The Kier molecular flexibility index (Phi) is 7.00. The van der Waals surface area contributed by atoms with Crippen LogP contribution in [0.15, 0.2) is 12.1 Å². The van der Waals surface area contributed by atoms with Gasteiger partial charge in [0, 0.05) is 26.2 Å². The lowest BCUT2D eigenvalue weighted by atomic mass is 10.1. The molecule has 0 unspecified atom stereocenters. The molecule has 0 N–H and O–H groups in total. The summed E-state index contributed by atoms with van der Waals surface area (Å²) in [7, 11) is 2.20. The summed E-state index contributed by atoms with van der Waals surface area (Å²) in [5, 5.41) is 0.731. The highest BCUT2D eigenvalue weighted by molar-refractivity contribution is 6.32. The molecule has 0 radical (unpaired) electrons. The third-order valence-electron chi connectivity index (χ3n) is 4.33. The van der Waals surface area contributed by atoms with Crippen LogP contribution in [0.5, 0.6) is 5.75 Å². The van der Waals surface area contributed by atoms with E-state index in [1.165, 1.54) is 51.1 Å². The normalized spacial score (nSPS) is 16.9. The van der Waals surface area contributed by atoms with Crippen LogP contribution in [-0.4, -0.2) is 56.2 Å². The molecule has 1 aliphatic heterocycles. The molecular formula is C18H29ClN2O. The van der Waals surface area contributed by atoms with Gasteiger partial charge in [-0.1, -0.05) is 17.7 Å². The zero-order valence-corrected chi connectivity index (χ0v) is 15.0. The zero-order valence-electron chi connectivity index (χ0n) is 14.2. The number of piperazine rings is 1. The third-order valence-corrected chi connectivity index (χ3v) is 4.62. The molecule has 1 aromatic carbocycles. The van der Waals surface area contributed by atoms with Gasteiger partial charge in [-0.3, -0.25) is 0 Å². The fraction of sp³-hybridized carbons (Fsp3) is 0.667. The number of nitrogens with zero attached hydrogens (tertiary/aromatic N) is 2. The second-order valence-corrected chi connectivity index (χ2v) is 6.85. The van der Waals surface area contributed by atoms with E-state index in [2.05, 4.69) is 36.8 Å². The highest BCUT2D eigenvalue weighted by Crippen LogP contribution is 2.29. The van der Waals surface area contributed by atoms with Crippen molar-refractivity contribution in [2.75, 3.05) is 46.4 Å². The summed E-state index contributed by atoms with van der Waals surface area (Å²) in [5.41, 5.74) is 2.31. The van der Waals surface area contributed by atoms with Crippen molar-refractivity contribution in [2.45, 2.75) is 33.1 Å². The highest BCUT2D eigenvalue weighted by atomic mass is 35.5. The van der Waals surface area contributed by atoms with Crippen LogP contribution in [0.25, 0.3) is 0 Å². The number of likely N-dealkylation sites (N-methyl/N-ethyl adjacent to an activating group) is 1. The standard InChI is InChI=1S/C18H29ClN2O/c1-15-13-16(2)18(17(19)14-15)22-12-6-4-5-7-21-10-8-20(3)9-11-21/h13-14H,4-12H2,1-3H3. The second kappa shape index (κ2) is 8.76. The Labute approximate surface area is 140 Å². The van der Waals surface area contributed by atoms with Gasteiger partial charge in [0.25, 0.3) is 0 Å². The van der Waals surface area contributed by atoms with Crippen molar-refractivity contribution < 1.29 is 4.74 Å². The van der Waals surface area contributed by atoms with Gasteiger partial charge in [-0.15, -0.1) is 0 Å². The lowest BCUT2D eigenvalue weighted by Gasteiger charge is -2.32. The predicted octanol–water partition coefficient (Wildman–Crippen LogP) is 3.75. The molecule has 1 aliphatic rings. The van der Waals surface area contributed by atoms with E-state index in [1.807, 2.05) is 6.07 Å². The fourth-order valence-corrected chi connectivity index (χ4v) is 3.32. The average molecular weight is 325 g/mol. The first-order valence-corrected chi connectivity index (χ1v) is 8.74. The van der Waals surface area contributed by atoms with Gasteiger partial charge in [-0.2, -0.15) is 0 Å². The zero-order chi connectivity index (χ0) is 15.9. The molecule has 0 spiro atoms. The first-order valence-electron chi connectivity index (χ1n) is 8.36. The maximum atomic E-state index is 6.25. The maximum Gasteiger partial charge on any atom is 0.140 e. The number of benzene rings is 1. The summed E-state index contributed by atoms with van der Waals surface area (Å²) in [6.45, 7) is 10.9. The smallest absolute Gasteiger partial charge is 0.140 e. The Morgan fingerprint density at radius 3 is 2.45 bits per heavy atom. The Balaban J connectivity index is 1.60. The highest BCUT2D eigenvalue weighted by Gasteiger charge is 2.12. The Hall–Kier alpha value is -0.770. The number of halogens is 1. The van der Waals surface area contributed by atoms with Crippen molar-refractivity contribution in [2.24, 2.45) is 0 Å². The average Bonchev–Trinajstić information content (AvgIpc) is 2.46. The van der Waals surface area contributed by atoms with Crippen molar-refractivity contribution in [1.82, 2.24) is 9.80 Å². The molecule has 0 atom stereocenters. The first kappa shape index (κ1) is 17.6. The summed E-state index contributed by atoms with van der Waals surface area (Å²) >= 11 is 6.25. The molecule has 1 aromatic rings. The molecule has 3 nitrogen and oxygen atoms in total. The van der Waals surface area contributed by atoms with Crippen LogP contribution in [0, 0.1) is 13.8 Å². The van der Waals surface area contributed by atoms with Crippen molar-refractivity contribution in [3.63, 3.8) is 0 Å². The van der Waals surface area contributed by atoms with Crippen LogP contribution in [-0.2, 0) is 0 Å². The minimum absolute atomic E-state index is 0.731. The summed E-state index contributed by atoms with van der Waals surface area (Å²) in [6.07, 6.45) is 3.57. The molecule has 0 aliphatic carbocycles. The van der Waals surface area contributed by atoms with Gasteiger partial charge in [-0.25, -0.2) is 0 Å². The number of ether oxygens (including phenoxy) is 1. The van der Waals surface area contributed by atoms with Crippen LogP contribution in [0.1, 0.15) is 30.4 Å². The Morgan fingerprint density at radius 2 is 1.77 bits per heavy atom. The molecule has 0 bridgehead atoms. The topological polar surface area (TPSA) is 15.7 Å². The first-order chi connectivity index (χ1) is 10.6. The van der Waals surface area contributed by atoms with E-state index in [1.54, 1.807) is 0 Å². The number of hydrogen-bond donors (Lipinski definition) is 0. The van der Waals surface area contributed by atoms with E-state index in [0.29, 0.717) is 0 Å². The van der Waals surface area contributed by atoms with E-state index in [0.717, 1.165) is 29.4 Å². The second-order valence-electron chi connectivity index (χ2n) is 6.45. The Morgan fingerprint density at radius 1 is 1.05 bits per heavy atom. The molecule has 1 fully saturated rings. The summed E-state index contributed by atoms with van der Waals surface area (Å²) < 4.78 is 5.88. The van der Waals surface area contributed by atoms with Crippen LogP contribution in [0.3, 0.4) is 0 Å². The molecule has 4 heteroatoms. The summed E-state index contributed by atoms with van der Waals surface area (Å²) in [5.74, 6) is 0.853. The molecule has 2 rings (SSSR count). The largest absolute Gasteiger partial charge is 0.492 e. The van der Waals surface area contributed by atoms with E-state index in [-0.39, 0.29) is 0 Å². The molecule has 0 saturated carbocycles. The van der Waals surface area contributed by atoms with Gasteiger partial charge in [0.05, 0.1) is 11.6 Å². The van der Waals surface area contributed by atoms with E-state index in [4.69, 9.17) is 16.3 Å². The van der Waals surface area contributed by atoms with E-state index in [9.17, 15) is 0 Å². The van der Waals surface area contributed by atoms with Crippen LogP contribution < -0.4 is 4.74 Å². The van der Waals surface area contributed by atoms with Gasteiger partial charge in [0.2, 0.25) is 0 Å². The minimum atomic E-state index is 0.731. The molecular weight excluding hydrogens is 296 g/mol. The van der Waals surface area contributed by atoms with Crippen molar-refractivity contribution in [3.8, 4) is 5.75 Å². The fourth-order valence-electron chi connectivity index (χ4n) is 2.95. The number of hydrogen-bond acceptors (Lipinski definition) is 3. The van der Waals surface area contributed by atoms with Gasteiger partial charge in [0.15, 0.2) is 0 Å². The van der Waals surface area contributed by atoms with E-state index < -0.39 is 0 Å². The van der Waals surface area contributed by atoms with Crippen LogP contribution in [0.2, 0.25) is 5.02 Å². The molecule has 1 saturated heterocycles. The van der Waals surface area contributed by atoms with Gasteiger partial charge in [0.1, 0.15) is 5.75 Å². The quantitative estimate of drug-likeness (QED) is 0.710. The molecule has 124 valence electrons. The lowest BCUT2D eigenvalue weighted by molar-refractivity contribution is 0.151. The molecule has 0 amide bonds.